The Bertz CT molecular complexity index is 867. The fourth-order valence-electron chi connectivity index (χ4n) is 4.70. The summed E-state index contributed by atoms with van der Waals surface area (Å²) >= 11 is 0. The van der Waals surface area contributed by atoms with Crippen molar-refractivity contribution in [2.45, 2.75) is 57.5 Å². The van der Waals surface area contributed by atoms with E-state index in [2.05, 4.69) is 27.7 Å². The van der Waals surface area contributed by atoms with Gasteiger partial charge in [-0.05, 0) is 55.0 Å². The highest BCUT2D eigenvalue weighted by Gasteiger charge is 2.52. The number of aryl methyl sites for hydroxylation is 2. The van der Waals surface area contributed by atoms with Gasteiger partial charge in [-0.25, -0.2) is 4.68 Å². The second-order valence-electron chi connectivity index (χ2n) is 8.01. The Hall–Kier alpha value is -2.77. The number of tetrazole rings is 1. The van der Waals surface area contributed by atoms with Gasteiger partial charge in [-0.3, -0.25) is 9.59 Å². The number of hydrogen-bond donors (Lipinski definition) is 0. The summed E-state index contributed by atoms with van der Waals surface area (Å²) in [6.45, 7) is 4.40. The van der Waals surface area contributed by atoms with Gasteiger partial charge in [-0.2, -0.15) is 0 Å². The molecule has 2 aliphatic heterocycles. The van der Waals surface area contributed by atoms with Crippen molar-refractivity contribution in [2.24, 2.45) is 0 Å². The summed E-state index contributed by atoms with van der Waals surface area (Å²) in [5.41, 5.74) is 0.581. The Morgan fingerprint density at radius 2 is 1.86 bits per heavy atom. The van der Waals surface area contributed by atoms with Gasteiger partial charge in [-0.1, -0.05) is 30.3 Å². The van der Waals surface area contributed by atoms with Gasteiger partial charge >= 0.3 is 0 Å². The SMILES string of the molecule is Cc1nnnn1CCC(=O)N1CCCC12CCCN(CCc1ccccc1)C2=O. The number of likely N-dealkylation sites (tertiary alicyclic amines) is 2. The van der Waals surface area contributed by atoms with Crippen molar-refractivity contribution in [3.05, 3.63) is 41.7 Å². The predicted octanol–water partition coefficient (Wildman–Crippen LogP) is 1.60. The van der Waals surface area contributed by atoms with E-state index in [1.165, 1.54) is 5.56 Å². The summed E-state index contributed by atoms with van der Waals surface area (Å²) in [7, 11) is 0. The number of piperidine rings is 1. The van der Waals surface area contributed by atoms with Crippen molar-refractivity contribution < 1.29 is 9.59 Å². The van der Waals surface area contributed by atoms with Crippen LogP contribution in [0, 0.1) is 6.92 Å². The third kappa shape index (κ3) is 3.88. The minimum absolute atomic E-state index is 0.0238. The summed E-state index contributed by atoms with van der Waals surface area (Å²) in [6.07, 6.45) is 4.51. The Morgan fingerprint density at radius 3 is 2.59 bits per heavy atom. The van der Waals surface area contributed by atoms with E-state index in [0.717, 1.165) is 38.6 Å². The molecule has 2 aliphatic rings. The summed E-state index contributed by atoms with van der Waals surface area (Å²) in [5, 5.41) is 11.4. The first kappa shape index (κ1) is 19.5. The molecule has 8 heteroatoms. The van der Waals surface area contributed by atoms with Gasteiger partial charge in [0.05, 0.1) is 6.54 Å². The predicted molar refractivity (Wildman–Crippen MR) is 107 cm³/mol. The van der Waals surface area contributed by atoms with Crippen molar-refractivity contribution in [2.75, 3.05) is 19.6 Å². The van der Waals surface area contributed by atoms with E-state index in [9.17, 15) is 9.59 Å². The molecule has 0 N–H and O–H groups in total. The molecule has 154 valence electrons. The largest absolute Gasteiger partial charge is 0.340 e. The number of hydrogen-bond acceptors (Lipinski definition) is 5. The van der Waals surface area contributed by atoms with Gasteiger partial charge in [0.25, 0.3) is 0 Å². The molecule has 2 fully saturated rings. The maximum Gasteiger partial charge on any atom is 0.248 e. The standard InChI is InChI=1S/C21H28N6O2/c1-17-22-23-24-27(17)16-10-19(28)26-14-6-12-21(26)11-5-13-25(20(21)29)15-9-18-7-3-2-4-8-18/h2-4,7-8H,5-6,9-16H2,1H3. The molecule has 1 atom stereocenters. The molecule has 29 heavy (non-hydrogen) atoms. The molecule has 8 nitrogen and oxygen atoms in total. The molecule has 3 heterocycles. The first-order chi connectivity index (χ1) is 14.1. The van der Waals surface area contributed by atoms with Crippen molar-refractivity contribution in [1.82, 2.24) is 30.0 Å². The number of carbonyl (C=O) groups excluding carboxylic acids is 2. The summed E-state index contributed by atoms with van der Waals surface area (Å²) in [6, 6.07) is 10.2. The molecule has 2 amide bonds. The average molecular weight is 396 g/mol. The lowest BCUT2D eigenvalue weighted by atomic mass is 9.85. The Balaban J connectivity index is 1.42. The van der Waals surface area contributed by atoms with Crippen LogP contribution >= 0.6 is 0 Å². The summed E-state index contributed by atoms with van der Waals surface area (Å²) in [5.74, 6) is 0.842. The molecule has 1 spiro atoms. The summed E-state index contributed by atoms with van der Waals surface area (Å²) in [4.78, 5) is 30.3. The first-order valence-electron chi connectivity index (χ1n) is 10.5. The maximum atomic E-state index is 13.5. The molecular formula is C21H28N6O2. The molecule has 2 aromatic rings. The lowest BCUT2D eigenvalue weighted by Gasteiger charge is -2.44. The molecule has 0 radical (unpaired) electrons. The molecule has 2 saturated heterocycles. The normalized spacial score (nSPS) is 21.9. The van der Waals surface area contributed by atoms with E-state index in [-0.39, 0.29) is 11.8 Å². The molecule has 0 saturated carbocycles. The average Bonchev–Trinajstić information content (AvgIpc) is 3.35. The number of nitrogens with zero attached hydrogens (tertiary/aromatic N) is 6. The van der Waals surface area contributed by atoms with Crippen LogP contribution in [0.1, 0.15) is 43.5 Å². The Kier molecular flexibility index (Phi) is 5.60. The molecule has 1 aromatic heterocycles. The summed E-state index contributed by atoms with van der Waals surface area (Å²) < 4.78 is 1.63. The Labute approximate surface area is 170 Å². The van der Waals surface area contributed by atoms with E-state index < -0.39 is 5.54 Å². The molecular weight excluding hydrogens is 368 g/mol. The van der Waals surface area contributed by atoms with Gasteiger partial charge in [-0.15, -0.1) is 5.10 Å². The number of benzene rings is 1. The highest BCUT2D eigenvalue weighted by atomic mass is 16.2. The lowest BCUT2D eigenvalue weighted by molar-refractivity contribution is -0.155. The quantitative estimate of drug-likeness (QED) is 0.740. The van der Waals surface area contributed by atoms with Gasteiger partial charge < -0.3 is 9.80 Å². The van der Waals surface area contributed by atoms with Crippen LogP contribution in [0.2, 0.25) is 0 Å². The second-order valence-corrected chi connectivity index (χ2v) is 8.01. The van der Waals surface area contributed by atoms with Crippen molar-refractivity contribution in [3.8, 4) is 0 Å². The minimum Gasteiger partial charge on any atom is -0.340 e. The zero-order valence-electron chi connectivity index (χ0n) is 17.0. The number of aromatic nitrogens is 4. The van der Waals surface area contributed by atoms with Gasteiger partial charge in [0, 0.05) is 26.1 Å². The molecule has 0 bridgehead atoms. The Morgan fingerprint density at radius 1 is 1.10 bits per heavy atom. The van der Waals surface area contributed by atoms with Crippen LogP contribution in [0.4, 0.5) is 0 Å². The van der Waals surface area contributed by atoms with E-state index in [1.807, 2.05) is 34.9 Å². The van der Waals surface area contributed by atoms with Crippen LogP contribution in [0.15, 0.2) is 30.3 Å². The third-order valence-corrected chi connectivity index (χ3v) is 6.26. The van der Waals surface area contributed by atoms with Crippen LogP contribution in [0.25, 0.3) is 0 Å². The van der Waals surface area contributed by atoms with Crippen LogP contribution in [0.3, 0.4) is 0 Å². The van der Waals surface area contributed by atoms with Crippen LogP contribution in [-0.2, 0) is 22.6 Å². The van der Waals surface area contributed by atoms with Crippen molar-refractivity contribution in [1.29, 1.82) is 0 Å². The smallest absolute Gasteiger partial charge is 0.248 e. The van der Waals surface area contributed by atoms with Gasteiger partial charge in [0.15, 0.2) is 0 Å². The molecule has 4 rings (SSSR count). The van der Waals surface area contributed by atoms with Gasteiger partial charge in [0.1, 0.15) is 11.4 Å². The highest BCUT2D eigenvalue weighted by Crippen LogP contribution is 2.38. The molecule has 0 aliphatic carbocycles. The fourth-order valence-corrected chi connectivity index (χ4v) is 4.70. The second kappa shape index (κ2) is 8.31. The minimum atomic E-state index is -0.651. The topological polar surface area (TPSA) is 84.2 Å². The third-order valence-electron chi connectivity index (χ3n) is 6.26. The highest BCUT2D eigenvalue weighted by molar-refractivity contribution is 5.92. The zero-order valence-corrected chi connectivity index (χ0v) is 17.0. The van der Waals surface area contributed by atoms with E-state index in [0.29, 0.717) is 31.9 Å². The van der Waals surface area contributed by atoms with Crippen molar-refractivity contribution >= 4 is 11.8 Å². The van der Waals surface area contributed by atoms with Crippen LogP contribution in [0.5, 0.6) is 0 Å². The molecule has 1 unspecified atom stereocenters. The van der Waals surface area contributed by atoms with Crippen LogP contribution < -0.4 is 0 Å². The van der Waals surface area contributed by atoms with E-state index in [1.54, 1.807) is 4.68 Å². The van der Waals surface area contributed by atoms with E-state index in [4.69, 9.17) is 0 Å². The fraction of sp³-hybridized carbons (Fsp3) is 0.571. The monoisotopic (exact) mass is 396 g/mol. The maximum absolute atomic E-state index is 13.5. The number of amides is 2. The van der Waals surface area contributed by atoms with Crippen molar-refractivity contribution in [3.63, 3.8) is 0 Å². The number of rotatable bonds is 6. The lowest BCUT2D eigenvalue weighted by Crippen LogP contribution is -2.61. The first-order valence-corrected chi connectivity index (χ1v) is 10.5. The van der Waals surface area contributed by atoms with E-state index >= 15 is 0 Å². The van der Waals surface area contributed by atoms with Gasteiger partial charge in [0.2, 0.25) is 11.8 Å². The number of carbonyl (C=O) groups is 2. The zero-order chi connectivity index (χ0) is 20.3. The molecule has 1 aromatic carbocycles. The van der Waals surface area contributed by atoms with Crippen LogP contribution in [-0.4, -0.2) is 67.0 Å².